The van der Waals surface area contributed by atoms with E-state index in [-0.39, 0.29) is 23.6 Å². The van der Waals surface area contributed by atoms with Crippen LogP contribution in [0.25, 0.3) is 0 Å². The van der Waals surface area contributed by atoms with Crippen molar-refractivity contribution in [3.63, 3.8) is 0 Å². The molecule has 0 bridgehead atoms. The highest BCUT2D eigenvalue weighted by Gasteiger charge is 2.34. The highest BCUT2D eigenvalue weighted by Crippen LogP contribution is 2.18. The van der Waals surface area contributed by atoms with Gasteiger partial charge >= 0.3 is 6.03 Å². The second-order valence-corrected chi connectivity index (χ2v) is 7.91. The van der Waals surface area contributed by atoms with Crippen LogP contribution in [0.3, 0.4) is 0 Å². The molecular weight excluding hydrogens is 264 g/mol. The molecule has 1 heterocycles. The SMILES string of the molecule is CCCCN(C(=O)NCC(C)C)C1CCS(=O)(=O)C1. The summed E-state index contributed by atoms with van der Waals surface area (Å²) in [5.41, 5.74) is 0. The minimum Gasteiger partial charge on any atom is -0.338 e. The Hall–Kier alpha value is -0.780. The van der Waals surface area contributed by atoms with E-state index in [9.17, 15) is 13.2 Å². The van der Waals surface area contributed by atoms with Gasteiger partial charge in [0.1, 0.15) is 0 Å². The Balaban J connectivity index is 2.63. The molecule has 6 heteroatoms. The molecule has 0 aliphatic carbocycles. The van der Waals surface area contributed by atoms with Gasteiger partial charge < -0.3 is 10.2 Å². The maximum Gasteiger partial charge on any atom is 0.317 e. The van der Waals surface area contributed by atoms with E-state index in [0.717, 1.165) is 12.8 Å². The average Bonchev–Trinajstić information content (AvgIpc) is 2.67. The Morgan fingerprint density at radius 3 is 2.58 bits per heavy atom. The Kier molecular flexibility index (Phi) is 6.10. The number of carbonyl (C=O) groups excluding carboxylic acids is 1. The fraction of sp³-hybridized carbons (Fsp3) is 0.923. The van der Waals surface area contributed by atoms with Crippen LogP contribution < -0.4 is 5.32 Å². The Morgan fingerprint density at radius 2 is 2.11 bits per heavy atom. The van der Waals surface area contributed by atoms with Crippen LogP contribution in [0.2, 0.25) is 0 Å². The summed E-state index contributed by atoms with van der Waals surface area (Å²) in [7, 11) is -2.95. The zero-order chi connectivity index (χ0) is 14.5. The van der Waals surface area contributed by atoms with Crippen molar-refractivity contribution in [1.29, 1.82) is 0 Å². The molecule has 1 aliphatic heterocycles. The summed E-state index contributed by atoms with van der Waals surface area (Å²) >= 11 is 0. The number of rotatable bonds is 6. The molecule has 0 saturated carbocycles. The van der Waals surface area contributed by atoms with Crippen molar-refractivity contribution in [1.82, 2.24) is 10.2 Å². The van der Waals surface area contributed by atoms with Gasteiger partial charge in [-0.05, 0) is 18.8 Å². The first-order valence-electron chi connectivity index (χ1n) is 7.10. The molecule has 0 spiro atoms. The molecule has 1 atom stereocenters. The summed E-state index contributed by atoms with van der Waals surface area (Å²) in [6, 6.07) is -0.270. The monoisotopic (exact) mass is 290 g/mol. The average molecular weight is 290 g/mol. The molecule has 0 radical (unpaired) electrons. The topological polar surface area (TPSA) is 66.5 Å². The summed E-state index contributed by atoms with van der Waals surface area (Å²) in [4.78, 5) is 13.9. The number of sulfone groups is 1. The lowest BCUT2D eigenvalue weighted by molar-refractivity contribution is 0.178. The third kappa shape index (κ3) is 5.38. The second-order valence-electron chi connectivity index (χ2n) is 5.68. The third-order valence-electron chi connectivity index (χ3n) is 3.32. The van der Waals surface area contributed by atoms with Crippen LogP contribution in [0, 0.1) is 5.92 Å². The van der Waals surface area contributed by atoms with Crippen molar-refractivity contribution in [2.45, 2.75) is 46.1 Å². The maximum atomic E-state index is 12.2. The smallest absolute Gasteiger partial charge is 0.317 e. The number of urea groups is 1. The van der Waals surface area contributed by atoms with Crippen LogP contribution in [-0.2, 0) is 9.84 Å². The summed E-state index contributed by atoms with van der Waals surface area (Å²) in [6.45, 7) is 7.41. The summed E-state index contributed by atoms with van der Waals surface area (Å²) in [6.07, 6.45) is 2.47. The first-order chi connectivity index (χ1) is 8.85. The van der Waals surface area contributed by atoms with Crippen LogP contribution in [0.15, 0.2) is 0 Å². The van der Waals surface area contributed by atoms with E-state index in [1.54, 1.807) is 4.90 Å². The molecule has 1 unspecified atom stereocenters. The molecule has 1 N–H and O–H groups in total. The number of hydrogen-bond acceptors (Lipinski definition) is 3. The van der Waals surface area contributed by atoms with Gasteiger partial charge in [0, 0.05) is 19.1 Å². The highest BCUT2D eigenvalue weighted by molar-refractivity contribution is 7.91. The Bertz CT molecular complexity index is 393. The van der Waals surface area contributed by atoms with Gasteiger partial charge in [-0.3, -0.25) is 0 Å². The maximum absolute atomic E-state index is 12.2. The molecule has 5 nitrogen and oxygen atoms in total. The largest absolute Gasteiger partial charge is 0.338 e. The predicted molar refractivity (Wildman–Crippen MR) is 76.9 cm³/mol. The van der Waals surface area contributed by atoms with Crippen LogP contribution >= 0.6 is 0 Å². The third-order valence-corrected chi connectivity index (χ3v) is 5.07. The number of nitrogens with zero attached hydrogens (tertiary/aromatic N) is 1. The fourth-order valence-corrected chi connectivity index (χ4v) is 3.92. The zero-order valence-corrected chi connectivity index (χ0v) is 13.0. The molecule has 1 rings (SSSR count). The van der Waals surface area contributed by atoms with Crippen LogP contribution in [-0.4, -0.2) is 50.0 Å². The standard InChI is InChI=1S/C13H26N2O3S/c1-4-5-7-15(13(16)14-9-11(2)3)12-6-8-19(17,18)10-12/h11-12H,4-10H2,1-3H3,(H,14,16). The van der Waals surface area contributed by atoms with Gasteiger partial charge in [0.15, 0.2) is 9.84 Å². The number of hydrogen-bond donors (Lipinski definition) is 1. The Labute approximate surface area is 116 Å². The number of nitrogens with one attached hydrogen (secondary N) is 1. The lowest BCUT2D eigenvalue weighted by Gasteiger charge is -2.28. The highest BCUT2D eigenvalue weighted by atomic mass is 32.2. The van der Waals surface area contributed by atoms with Gasteiger partial charge in [-0.1, -0.05) is 27.2 Å². The van der Waals surface area contributed by atoms with Gasteiger partial charge in [0.25, 0.3) is 0 Å². The molecule has 1 aliphatic rings. The number of amides is 2. The molecular formula is C13H26N2O3S. The first-order valence-corrected chi connectivity index (χ1v) is 8.92. The van der Waals surface area contributed by atoms with E-state index in [0.29, 0.717) is 25.4 Å². The predicted octanol–water partition coefficient (Wildman–Crippen LogP) is 1.64. The van der Waals surface area contributed by atoms with Crippen molar-refractivity contribution >= 4 is 15.9 Å². The lowest BCUT2D eigenvalue weighted by Crippen LogP contribution is -2.48. The van der Waals surface area contributed by atoms with Crippen LogP contribution in [0.4, 0.5) is 4.79 Å². The summed E-state index contributed by atoms with van der Waals surface area (Å²) < 4.78 is 23.1. The number of carbonyl (C=O) groups is 1. The van der Waals surface area contributed by atoms with Gasteiger partial charge in [-0.2, -0.15) is 0 Å². The normalized spacial score (nSPS) is 21.6. The van der Waals surface area contributed by atoms with E-state index in [2.05, 4.69) is 12.2 Å². The summed E-state index contributed by atoms with van der Waals surface area (Å²) in [5, 5.41) is 2.89. The molecule has 1 fully saturated rings. The minimum atomic E-state index is -2.95. The Morgan fingerprint density at radius 1 is 1.42 bits per heavy atom. The summed E-state index contributed by atoms with van der Waals surface area (Å²) in [5.74, 6) is 0.716. The van der Waals surface area contributed by atoms with Crippen LogP contribution in [0.5, 0.6) is 0 Å². The molecule has 0 aromatic rings. The van der Waals surface area contributed by atoms with Crippen molar-refractivity contribution in [3.05, 3.63) is 0 Å². The second kappa shape index (κ2) is 7.12. The van der Waals surface area contributed by atoms with Crippen molar-refractivity contribution in [3.8, 4) is 0 Å². The van der Waals surface area contributed by atoms with E-state index >= 15 is 0 Å². The van der Waals surface area contributed by atoms with Crippen LogP contribution in [0.1, 0.15) is 40.0 Å². The molecule has 2 amide bonds. The molecule has 112 valence electrons. The fourth-order valence-electron chi connectivity index (χ4n) is 2.19. The molecule has 0 aromatic heterocycles. The zero-order valence-electron chi connectivity index (χ0n) is 12.2. The van der Waals surface area contributed by atoms with Gasteiger partial charge in [0.05, 0.1) is 11.5 Å². The van der Waals surface area contributed by atoms with E-state index in [1.807, 2.05) is 13.8 Å². The molecule has 0 aromatic carbocycles. The van der Waals surface area contributed by atoms with Gasteiger partial charge in [0.2, 0.25) is 0 Å². The number of unbranched alkanes of at least 4 members (excludes halogenated alkanes) is 1. The van der Waals surface area contributed by atoms with E-state index < -0.39 is 9.84 Å². The quantitative estimate of drug-likeness (QED) is 0.808. The first kappa shape index (κ1) is 16.3. The van der Waals surface area contributed by atoms with E-state index in [1.165, 1.54) is 0 Å². The van der Waals surface area contributed by atoms with Crippen molar-refractivity contribution in [2.75, 3.05) is 24.6 Å². The minimum absolute atomic E-state index is 0.117. The van der Waals surface area contributed by atoms with Crippen molar-refractivity contribution < 1.29 is 13.2 Å². The van der Waals surface area contributed by atoms with Gasteiger partial charge in [-0.25, -0.2) is 13.2 Å². The van der Waals surface area contributed by atoms with Gasteiger partial charge in [-0.15, -0.1) is 0 Å². The van der Waals surface area contributed by atoms with E-state index in [4.69, 9.17) is 0 Å². The lowest BCUT2D eigenvalue weighted by atomic mass is 10.2. The van der Waals surface area contributed by atoms with Crippen molar-refractivity contribution in [2.24, 2.45) is 5.92 Å². The molecule has 1 saturated heterocycles. The molecule has 19 heavy (non-hydrogen) atoms.